The fourth-order valence-corrected chi connectivity index (χ4v) is 4.98. The normalized spacial score (nSPS) is 23.7. The van der Waals surface area contributed by atoms with E-state index >= 15 is 0 Å². The number of nitrogens with zero attached hydrogens (tertiary/aromatic N) is 1. The molecule has 3 aromatic rings. The number of rotatable bonds is 4. The molecular weight excluding hydrogens is 416 g/mol. The molecule has 2 aliphatic rings. The third kappa shape index (κ3) is 3.78. The Hall–Kier alpha value is -3.93. The summed E-state index contributed by atoms with van der Waals surface area (Å²) < 4.78 is 5.79. The van der Waals surface area contributed by atoms with E-state index in [4.69, 9.17) is 4.74 Å². The molecule has 3 aromatic carbocycles. The number of nitrogens with one attached hydrogen (secondary N) is 1. The van der Waals surface area contributed by atoms with E-state index in [0.29, 0.717) is 29.7 Å². The Kier molecular flexibility index (Phi) is 5.21. The molecule has 2 heterocycles. The molecule has 2 fully saturated rings. The lowest BCUT2D eigenvalue weighted by Gasteiger charge is -2.32. The molecular formula is C27H24N2O4. The number of fused-ring (bicyclic) bond motifs is 1. The van der Waals surface area contributed by atoms with Crippen LogP contribution in [0.15, 0.2) is 84.9 Å². The lowest BCUT2D eigenvalue weighted by molar-refractivity contribution is -0.120. The number of hydrogen-bond acceptors (Lipinski definition) is 4. The molecule has 2 amide bonds. The molecule has 6 heteroatoms. The lowest BCUT2D eigenvalue weighted by Crippen LogP contribution is -2.47. The topological polar surface area (TPSA) is 75.7 Å². The molecule has 2 saturated heterocycles. The summed E-state index contributed by atoms with van der Waals surface area (Å²) in [6.45, 7) is 2.03. The number of carbonyl (C=O) groups excluding carboxylic acids is 3. The van der Waals surface area contributed by atoms with E-state index in [2.05, 4.69) is 5.32 Å². The van der Waals surface area contributed by atoms with Crippen LogP contribution in [0.4, 0.5) is 0 Å². The minimum atomic E-state index is -0.457. The standard InChI is InChI=1S/C27H24N2O4/c1-27-16-21(20-14-8-9-15-22(20)33-25(32)19-12-6-3-7-13-19)29(26(27)28-23(30)17-27)24(31)18-10-4-2-5-11-18/h2-15,21,26H,16-17H2,1H3,(H,28,30)/t21-,26-,27+/m0/s1. The first-order chi connectivity index (χ1) is 16.0. The number of amides is 2. The van der Waals surface area contributed by atoms with Crippen LogP contribution in [0.2, 0.25) is 0 Å². The number of para-hydroxylation sites is 1. The van der Waals surface area contributed by atoms with Gasteiger partial charge >= 0.3 is 5.97 Å². The van der Waals surface area contributed by atoms with Crippen molar-refractivity contribution in [2.75, 3.05) is 0 Å². The fourth-order valence-electron chi connectivity index (χ4n) is 4.98. The predicted molar refractivity (Wildman–Crippen MR) is 122 cm³/mol. The van der Waals surface area contributed by atoms with Crippen LogP contribution in [-0.4, -0.2) is 28.8 Å². The Balaban J connectivity index is 1.53. The first-order valence-electron chi connectivity index (χ1n) is 11.0. The lowest BCUT2D eigenvalue weighted by atomic mass is 9.83. The van der Waals surface area contributed by atoms with E-state index in [9.17, 15) is 14.4 Å². The van der Waals surface area contributed by atoms with E-state index in [-0.39, 0.29) is 17.9 Å². The largest absolute Gasteiger partial charge is 0.423 e. The van der Waals surface area contributed by atoms with Crippen molar-refractivity contribution in [3.63, 3.8) is 0 Å². The van der Waals surface area contributed by atoms with Crippen LogP contribution < -0.4 is 10.1 Å². The van der Waals surface area contributed by atoms with Gasteiger partial charge in [-0.1, -0.05) is 61.5 Å². The molecule has 3 atom stereocenters. The van der Waals surface area contributed by atoms with Gasteiger partial charge in [0.15, 0.2) is 0 Å². The maximum absolute atomic E-state index is 13.6. The molecule has 6 nitrogen and oxygen atoms in total. The van der Waals surface area contributed by atoms with Crippen LogP contribution in [0.25, 0.3) is 0 Å². The zero-order valence-corrected chi connectivity index (χ0v) is 18.2. The number of likely N-dealkylation sites (tertiary alicyclic amines) is 1. The molecule has 0 aromatic heterocycles. The van der Waals surface area contributed by atoms with Crippen LogP contribution in [-0.2, 0) is 4.79 Å². The van der Waals surface area contributed by atoms with Crippen molar-refractivity contribution in [2.45, 2.75) is 32.0 Å². The Labute approximate surface area is 192 Å². The number of ether oxygens (including phenoxy) is 1. The van der Waals surface area contributed by atoms with Gasteiger partial charge < -0.3 is 15.0 Å². The molecule has 0 spiro atoms. The van der Waals surface area contributed by atoms with Crippen molar-refractivity contribution in [1.82, 2.24) is 10.2 Å². The summed E-state index contributed by atoms with van der Waals surface area (Å²) in [7, 11) is 0. The molecule has 0 bridgehead atoms. The van der Waals surface area contributed by atoms with Crippen molar-refractivity contribution in [1.29, 1.82) is 0 Å². The highest BCUT2D eigenvalue weighted by Gasteiger charge is 2.57. The Morgan fingerprint density at radius 1 is 0.909 bits per heavy atom. The van der Waals surface area contributed by atoms with Crippen LogP contribution >= 0.6 is 0 Å². The molecule has 0 saturated carbocycles. The summed E-state index contributed by atoms with van der Waals surface area (Å²) in [4.78, 5) is 40.4. The first-order valence-corrected chi connectivity index (χ1v) is 11.0. The fraction of sp³-hybridized carbons (Fsp3) is 0.222. The third-order valence-corrected chi connectivity index (χ3v) is 6.54. The summed E-state index contributed by atoms with van der Waals surface area (Å²) in [6, 6.07) is 24.8. The first kappa shape index (κ1) is 20.9. The summed E-state index contributed by atoms with van der Waals surface area (Å²) in [5.41, 5.74) is 1.33. The van der Waals surface area contributed by atoms with Gasteiger partial charge in [0, 0.05) is 23.0 Å². The highest BCUT2D eigenvalue weighted by Crippen LogP contribution is 2.53. The average molecular weight is 440 g/mol. The van der Waals surface area contributed by atoms with Crippen molar-refractivity contribution in [3.8, 4) is 5.75 Å². The van der Waals surface area contributed by atoms with Gasteiger partial charge in [0.2, 0.25) is 5.91 Å². The number of hydrogen-bond donors (Lipinski definition) is 1. The maximum atomic E-state index is 13.6. The smallest absolute Gasteiger partial charge is 0.343 e. The van der Waals surface area contributed by atoms with Crippen LogP contribution in [0.3, 0.4) is 0 Å². The van der Waals surface area contributed by atoms with Gasteiger partial charge in [-0.25, -0.2) is 4.79 Å². The van der Waals surface area contributed by atoms with E-state index in [0.717, 1.165) is 5.56 Å². The molecule has 1 N–H and O–H groups in total. The van der Waals surface area contributed by atoms with Gasteiger partial charge in [0.25, 0.3) is 5.91 Å². The van der Waals surface area contributed by atoms with E-state index in [1.165, 1.54) is 0 Å². The van der Waals surface area contributed by atoms with Crippen molar-refractivity contribution >= 4 is 17.8 Å². The van der Waals surface area contributed by atoms with Crippen molar-refractivity contribution in [3.05, 3.63) is 102 Å². The van der Waals surface area contributed by atoms with Crippen LogP contribution in [0.5, 0.6) is 5.75 Å². The van der Waals surface area contributed by atoms with Gasteiger partial charge in [-0.2, -0.15) is 0 Å². The van der Waals surface area contributed by atoms with E-state index in [1.807, 2.05) is 43.3 Å². The van der Waals surface area contributed by atoms with Gasteiger partial charge in [-0.15, -0.1) is 0 Å². The Morgan fingerprint density at radius 3 is 2.21 bits per heavy atom. The summed E-state index contributed by atoms with van der Waals surface area (Å²) in [5.74, 6) is -0.268. The molecule has 166 valence electrons. The minimum Gasteiger partial charge on any atom is -0.423 e. The molecule has 0 aliphatic carbocycles. The molecule has 0 unspecified atom stereocenters. The highest BCUT2D eigenvalue weighted by molar-refractivity contribution is 5.96. The second kappa shape index (κ2) is 8.20. The molecule has 5 rings (SSSR count). The molecule has 33 heavy (non-hydrogen) atoms. The Bertz CT molecular complexity index is 1210. The number of esters is 1. The predicted octanol–water partition coefficient (Wildman–Crippen LogP) is 4.35. The minimum absolute atomic E-state index is 0.0596. The van der Waals surface area contributed by atoms with E-state index < -0.39 is 17.6 Å². The second-order valence-corrected chi connectivity index (χ2v) is 8.89. The average Bonchev–Trinajstić information content (AvgIpc) is 3.28. The summed E-state index contributed by atoms with van der Waals surface area (Å²) >= 11 is 0. The zero-order chi connectivity index (χ0) is 23.0. The maximum Gasteiger partial charge on any atom is 0.343 e. The van der Waals surface area contributed by atoms with Gasteiger partial charge in [-0.05, 0) is 36.8 Å². The van der Waals surface area contributed by atoms with Gasteiger partial charge in [0.05, 0.1) is 11.6 Å². The number of benzene rings is 3. The second-order valence-electron chi connectivity index (χ2n) is 8.89. The third-order valence-electron chi connectivity index (χ3n) is 6.54. The monoisotopic (exact) mass is 440 g/mol. The van der Waals surface area contributed by atoms with Crippen LogP contribution in [0.1, 0.15) is 52.1 Å². The summed E-state index contributed by atoms with van der Waals surface area (Å²) in [6.07, 6.45) is 0.494. The molecule has 0 radical (unpaired) electrons. The Morgan fingerprint density at radius 2 is 1.52 bits per heavy atom. The molecule has 2 aliphatic heterocycles. The number of carbonyl (C=O) groups is 3. The van der Waals surface area contributed by atoms with Crippen molar-refractivity contribution < 1.29 is 19.1 Å². The summed E-state index contributed by atoms with van der Waals surface area (Å²) in [5, 5.41) is 3.00. The van der Waals surface area contributed by atoms with E-state index in [1.54, 1.807) is 53.4 Å². The highest BCUT2D eigenvalue weighted by atomic mass is 16.5. The van der Waals surface area contributed by atoms with Crippen molar-refractivity contribution in [2.24, 2.45) is 5.41 Å². The van der Waals surface area contributed by atoms with Crippen LogP contribution in [0, 0.1) is 5.41 Å². The SMILES string of the molecule is C[C@@]12CC(=O)N[C@H]1N(C(=O)c1ccccc1)[C@H](c1ccccc1OC(=O)c1ccccc1)C2. The van der Waals surface area contributed by atoms with Gasteiger partial charge in [-0.3, -0.25) is 9.59 Å². The zero-order valence-electron chi connectivity index (χ0n) is 18.2. The quantitative estimate of drug-likeness (QED) is 0.484. The van der Waals surface area contributed by atoms with Gasteiger partial charge in [0.1, 0.15) is 11.9 Å².